The summed E-state index contributed by atoms with van der Waals surface area (Å²) in [5, 5.41) is 3.33. The topological polar surface area (TPSA) is 65.4 Å². The Hall–Kier alpha value is -4.06. The molecule has 3 aromatic carbocycles. The SMILES string of the molecule is CCCCC(NC(=O)c1c(-c2ccc(OC)cc2)nc(-c2ccccc2)n1CC)c1ccccc1OC. The van der Waals surface area contributed by atoms with Gasteiger partial charge in [0.25, 0.3) is 5.91 Å². The lowest BCUT2D eigenvalue weighted by Gasteiger charge is -2.22. The second-order valence-electron chi connectivity index (χ2n) is 8.88. The number of carbonyl (C=O) groups excluding carboxylic acids is 1. The summed E-state index contributed by atoms with van der Waals surface area (Å²) >= 11 is 0. The van der Waals surface area contributed by atoms with E-state index in [0.29, 0.717) is 17.9 Å². The number of benzene rings is 3. The standard InChI is InChI=1S/C31H35N3O3/c1-5-7-16-26(25-15-11-12-17-27(25)37-4)32-31(35)29-28(22-18-20-24(36-3)21-19-22)33-30(34(29)6-2)23-13-9-8-10-14-23/h8-15,17-21,26H,5-7,16H2,1-4H3,(H,32,35). The Kier molecular flexibility index (Phi) is 8.62. The molecule has 4 rings (SSSR count). The number of nitrogens with zero attached hydrogens (tertiary/aromatic N) is 2. The Labute approximate surface area is 219 Å². The van der Waals surface area contributed by atoms with Crippen molar-refractivity contribution in [1.82, 2.24) is 14.9 Å². The Morgan fingerprint density at radius 2 is 1.59 bits per heavy atom. The monoisotopic (exact) mass is 497 g/mol. The number of aromatic nitrogens is 2. The lowest BCUT2D eigenvalue weighted by atomic mass is 9.99. The van der Waals surface area contributed by atoms with Crippen molar-refractivity contribution in [3.05, 3.63) is 90.1 Å². The Bertz CT molecular complexity index is 1310. The van der Waals surface area contributed by atoms with Gasteiger partial charge in [0.1, 0.15) is 28.7 Å². The molecule has 1 heterocycles. The lowest BCUT2D eigenvalue weighted by molar-refractivity contribution is 0.0925. The summed E-state index contributed by atoms with van der Waals surface area (Å²) in [4.78, 5) is 19.1. The predicted molar refractivity (Wildman–Crippen MR) is 148 cm³/mol. The van der Waals surface area contributed by atoms with Gasteiger partial charge in [0.2, 0.25) is 0 Å². The van der Waals surface area contributed by atoms with E-state index >= 15 is 0 Å². The number of nitrogens with one attached hydrogen (secondary N) is 1. The first-order chi connectivity index (χ1) is 18.1. The lowest BCUT2D eigenvalue weighted by Crippen LogP contribution is -2.31. The average molecular weight is 498 g/mol. The molecule has 0 saturated heterocycles. The van der Waals surface area contributed by atoms with Crippen molar-refractivity contribution in [3.8, 4) is 34.1 Å². The molecule has 0 fully saturated rings. The highest BCUT2D eigenvalue weighted by Crippen LogP contribution is 2.33. The molecule has 0 saturated carbocycles. The second-order valence-corrected chi connectivity index (χ2v) is 8.88. The summed E-state index contributed by atoms with van der Waals surface area (Å²) in [6, 6.07) is 25.4. The third-order valence-electron chi connectivity index (χ3n) is 6.56. The number of unbranched alkanes of at least 4 members (excludes halogenated alkanes) is 1. The third-order valence-corrected chi connectivity index (χ3v) is 6.56. The molecule has 1 amide bonds. The van der Waals surface area contributed by atoms with Crippen LogP contribution in [0.25, 0.3) is 22.6 Å². The van der Waals surface area contributed by atoms with Gasteiger partial charge in [-0.25, -0.2) is 4.98 Å². The molecule has 192 valence electrons. The molecular weight excluding hydrogens is 462 g/mol. The number of hydrogen-bond donors (Lipinski definition) is 1. The molecule has 1 aromatic heterocycles. The van der Waals surface area contributed by atoms with Gasteiger partial charge in [-0.3, -0.25) is 4.79 Å². The highest BCUT2D eigenvalue weighted by Gasteiger charge is 2.27. The van der Waals surface area contributed by atoms with Gasteiger partial charge in [-0.1, -0.05) is 68.3 Å². The summed E-state index contributed by atoms with van der Waals surface area (Å²) in [6.07, 6.45) is 2.83. The molecule has 1 unspecified atom stereocenters. The highest BCUT2D eigenvalue weighted by molar-refractivity contribution is 6.00. The van der Waals surface area contributed by atoms with E-state index in [9.17, 15) is 4.79 Å². The van der Waals surface area contributed by atoms with E-state index in [4.69, 9.17) is 14.5 Å². The minimum atomic E-state index is -0.187. The van der Waals surface area contributed by atoms with Gasteiger partial charge < -0.3 is 19.4 Å². The summed E-state index contributed by atoms with van der Waals surface area (Å²) in [5.41, 5.74) is 3.99. The van der Waals surface area contributed by atoms with Crippen molar-refractivity contribution in [3.63, 3.8) is 0 Å². The molecule has 1 N–H and O–H groups in total. The zero-order valence-corrected chi connectivity index (χ0v) is 22.0. The van der Waals surface area contributed by atoms with E-state index in [1.165, 1.54) is 0 Å². The minimum Gasteiger partial charge on any atom is -0.497 e. The largest absolute Gasteiger partial charge is 0.497 e. The first kappa shape index (κ1) is 26.0. The second kappa shape index (κ2) is 12.3. The first-order valence-corrected chi connectivity index (χ1v) is 12.8. The van der Waals surface area contributed by atoms with E-state index in [0.717, 1.165) is 53.3 Å². The quantitative estimate of drug-likeness (QED) is 0.244. The molecule has 0 aliphatic heterocycles. The van der Waals surface area contributed by atoms with Crippen LogP contribution in [0.1, 0.15) is 55.2 Å². The smallest absolute Gasteiger partial charge is 0.270 e. The summed E-state index contributed by atoms with van der Waals surface area (Å²) in [6.45, 7) is 4.79. The fourth-order valence-electron chi connectivity index (χ4n) is 4.64. The van der Waals surface area contributed by atoms with Crippen molar-refractivity contribution in [1.29, 1.82) is 0 Å². The highest BCUT2D eigenvalue weighted by atomic mass is 16.5. The van der Waals surface area contributed by atoms with E-state index in [2.05, 4.69) is 12.2 Å². The van der Waals surface area contributed by atoms with Gasteiger partial charge in [0.15, 0.2) is 0 Å². The number of ether oxygens (including phenoxy) is 2. The van der Waals surface area contributed by atoms with E-state index < -0.39 is 0 Å². The summed E-state index contributed by atoms with van der Waals surface area (Å²) < 4.78 is 13.0. The van der Waals surface area contributed by atoms with Crippen molar-refractivity contribution in [2.24, 2.45) is 0 Å². The molecule has 6 heteroatoms. The van der Waals surface area contributed by atoms with Crippen LogP contribution in [0.15, 0.2) is 78.9 Å². The van der Waals surface area contributed by atoms with Crippen molar-refractivity contribution < 1.29 is 14.3 Å². The molecule has 0 spiro atoms. The van der Waals surface area contributed by atoms with Crippen LogP contribution in [0.2, 0.25) is 0 Å². The van der Waals surface area contributed by atoms with Crippen LogP contribution in [0.4, 0.5) is 0 Å². The Morgan fingerprint density at radius 3 is 2.24 bits per heavy atom. The molecular formula is C31H35N3O3. The number of imidazole rings is 1. The van der Waals surface area contributed by atoms with Gasteiger partial charge in [-0.2, -0.15) is 0 Å². The maximum atomic E-state index is 14.1. The van der Waals surface area contributed by atoms with Crippen molar-refractivity contribution in [2.75, 3.05) is 14.2 Å². The van der Waals surface area contributed by atoms with Gasteiger partial charge >= 0.3 is 0 Å². The van der Waals surface area contributed by atoms with Gasteiger partial charge in [0, 0.05) is 23.2 Å². The zero-order valence-electron chi connectivity index (χ0n) is 22.0. The number of amides is 1. The minimum absolute atomic E-state index is 0.158. The molecule has 1 atom stereocenters. The maximum Gasteiger partial charge on any atom is 0.270 e. The predicted octanol–water partition coefficient (Wildman–Crippen LogP) is 6.92. The van der Waals surface area contributed by atoms with Crippen LogP contribution in [-0.2, 0) is 6.54 Å². The summed E-state index contributed by atoms with van der Waals surface area (Å²) in [7, 11) is 3.30. The number of rotatable bonds is 11. The maximum absolute atomic E-state index is 14.1. The molecule has 6 nitrogen and oxygen atoms in total. The van der Waals surface area contributed by atoms with Crippen LogP contribution in [-0.4, -0.2) is 29.7 Å². The summed E-state index contributed by atoms with van der Waals surface area (Å²) in [5.74, 6) is 2.13. The number of hydrogen-bond acceptors (Lipinski definition) is 4. The van der Waals surface area contributed by atoms with E-state index in [1.54, 1.807) is 14.2 Å². The average Bonchev–Trinajstić information content (AvgIpc) is 3.35. The van der Waals surface area contributed by atoms with Gasteiger partial charge in [-0.15, -0.1) is 0 Å². The zero-order chi connectivity index (χ0) is 26.2. The molecule has 0 aliphatic rings. The van der Waals surface area contributed by atoms with Crippen LogP contribution in [0.5, 0.6) is 11.5 Å². The number of para-hydroxylation sites is 1. The van der Waals surface area contributed by atoms with E-state index in [-0.39, 0.29) is 11.9 Å². The van der Waals surface area contributed by atoms with E-state index in [1.807, 2.05) is 90.4 Å². The fraction of sp³-hybridized carbons (Fsp3) is 0.290. The van der Waals surface area contributed by atoms with Crippen LogP contribution < -0.4 is 14.8 Å². The van der Waals surface area contributed by atoms with Crippen molar-refractivity contribution in [2.45, 2.75) is 45.7 Å². The molecule has 0 aliphatic carbocycles. The van der Waals surface area contributed by atoms with Gasteiger partial charge in [-0.05, 0) is 43.7 Å². The molecule has 0 radical (unpaired) electrons. The Balaban J connectivity index is 1.82. The molecule has 0 bridgehead atoms. The number of carbonyl (C=O) groups is 1. The van der Waals surface area contributed by atoms with Crippen LogP contribution in [0, 0.1) is 0 Å². The van der Waals surface area contributed by atoms with Crippen LogP contribution >= 0.6 is 0 Å². The van der Waals surface area contributed by atoms with Crippen molar-refractivity contribution >= 4 is 5.91 Å². The van der Waals surface area contributed by atoms with Gasteiger partial charge in [0.05, 0.1) is 20.3 Å². The molecule has 4 aromatic rings. The van der Waals surface area contributed by atoms with Crippen LogP contribution in [0.3, 0.4) is 0 Å². The normalized spacial score (nSPS) is 11.7. The third kappa shape index (κ3) is 5.69. The fourth-order valence-corrected chi connectivity index (χ4v) is 4.64. The number of methoxy groups -OCH3 is 2. The first-order valence-electron chi connectivity index (χ1n) is 12.8. The molecule has 37 heavy (non-hydrogen) atoms. The Morgan fingerprint density at radius 1 is 0.892 bits per heavy atom.